The van der Waals surface area contributed by atoms with E-state index in [1.54, 1.807) is 0 Å². The van der Waals surface area contributed by atoms with Gasteiger partial charge in [0, 0.05) is 18.9 Å². The lowest BCUT2D eigenvalue weighted by Gasteiger charge is -2.30. The second-order valence-corrected chi connectivity index (χ2v) is 9.07. The molecule has 2 aromatic carbocycles. The number of carbonyl (C=O) groups is 3. The summed E-state index contributed by atoms with van der Waals surface area (Å²) in [6.45, 7) is 3.74. The summed E-state index contributed by atoms with van der Waals surface area (Å²) in [5.41, 5.74) is 4.40. The molecule has 0 saturated carbocycles. The van der Waals surface area contributed by atoms with Crippen molar-refractivity contribution in [1.29, 1.82) is 0 Å². The lowest BCUT2D eigenvalue weighted by atomic mass is 9.97. The van der Waals surface area contributed by atoms with Gasteiger partial charge in [0.2, 0.25) is 5.91 Å². The Morgan fingerprint density at radius 3 is 2.24 bits per heavy atom. The first-order valence-corrected chi connectivity index (χ1v) is 11.6. The van der Waals surface area contributed by atoms with Crippen molar-refractivity contribution >= 4 is 18.0 Å². The number of hydrogen-bond donors (Lipinski definition) is 3. The molecule has 0 spiro atoms. The highest BCUT2D eigenvalue weighted by Gasteiger charge is 2.42. The summed E-state index contributed by atoms with van der Waals surface area (Å²) in [6.07, 6.45) is -1.07. The van der Waals surface area contributed by atoms with Gasteiger partial charge in [-0.05, 0) is 28.2 Å². The van der Waals surface area contributed by atoms with Crippen LogP contribution >= 0.6 is 0 Å². The molecule has 2 amide bonds. The van der Waals surface area contributed by atoms with Crippen LogP contribution in [0.2, 0.25) is 0 Å². The molecule has 3 N–H and O–H groups in total. The van der Waals surface area contributed by atoms with Crippen molar-refractivity contribution in [3.63, 3.8) is 0 Å². The number of hydrogen-bond acceptors (Lipinski definition) is 5. The molecule has 180 valence electrons. The van der Waals surface area contributed by atoms with E-state index in [0.717, 1.165) is 27.2 Å². The van der Waals surface area contributed by atoms with E-state index >= 15 is 0 Å². The van der Waals surface area contributed by atoms with E-state index in [2.05, 4.69) is 17.4 Å². The van der Waals surface area contributed by atoms with Crippen molar-refractivity contribution in [2.45, 2.75) is 50.8 Å². The van der Waals surface area contributed by atoms with Gasteiger partial charge in [-0.3, -0.25) is 4.79 Å². The summed E-state index contributed by atoms with van der Waals surface area (Å²) in [5, 5.41) is 22.0. The number of nitrogens with zero attached hydrogens (tertiary/aromatic N) is 1. The number of carboxylic acids is 1. The van der Waals surface area contributed by atoms with E-state index in [1.165, 1.54) is 0 Å². The highest BCUT2D eigenvalue weighted by Crippen LogP contribution is 2.44. The molecule has 0 radical (unpaired) electrons. The zero-order valence-corrected chi connectivity index (χ0v) is 19.3. The predicted molar refractivity (Wildman–Crippen MR) is 125 cm³/mol. The number of benzene rings is 2. The summed E-state index contributed by atoms with van der Waals surface area (Å²) in [7, 11) is 0. The normalized spacial score (nSPS) is 20.9. The van der Waals surface area contributed by atoms with Crippen molar-refractivity contribution < 1.29 is 29.3 Å². The molecule has 2 aromatic rings. The number of amides is 2. The molecule has 0 unspecified atom stereocenters. The van der Waals surface area contributed by atoms with Gasteiger partial charge in [0.15, 0.2) is 0 Å². The number of fused-ring (bicyclic) bond motifs is 3. The minimum absolute atomic E-state index is 0.0285. The Morgan fingerprint density at radius 1 is 1.09 bits per heavy atom. The van der Waals surface area contributed by atoms with E-state index in [0.29, 0.717) is 6.42 Å². The van der Waals surface area contributed by atoms with Gasteiger partial charge in [-0.1, -0.05) is 68.8 Å². The first-order chi connectivity index (χ1) is 16.3. The molecule has 8 nitrogen and oxygen atoms in total. The second-order valence-electron chi connectivity index (χ2n) is 9.07. The maximum atomic E-state index is 13.2. The van der Waals surface area contributed by atoms with Gasteiger partial charge in [0.25, 0.3) is 0 Å². The standard InChI is InChI=1S/C26H30N2O6/c1-3-15(2)23(24(30)28-13-16(29)12-22(28)25(31)32)27-26(33)34-14-21-19-10-6-4-8-17(19)18-9-5-7-11-20(18)21/h4-11,15-16,21-23,29H,3,12-14H2,1-2H3,(H,27,33)(H,31,32)/t15-,16-,22-,23-/m0/s1. The number of carbonyl (C=O) groups excluding carboxylic acids is 2. The number of ether oxygens (including phenoxy) is 1. The molecular weight excluding hydrogens is 436 g/mol. The number of aliphatic carboxylic acids is 1. The molecule has 4 atom stereocenters. The number of nitrogens with one attached hydrogen (secondary N) is 1. The molecule has 34 heavy (non-hydrogen) atoms. The predicted octanol–water partition coefficient (Wildman–Crippen LogP) is 2.99. The Bertz CT molecular complexity index is 1040. The van der Waals surface area contributed by atoms with Crippen LogP contribution in [0, 0.1) is 5.92 Å². The minimum atomic E-state index is -1.17. The van der Waals surface area contributed by atoms with Crippen molar-refractivity contribution in [1.82, 2.24) is 10.2 Å². The Kier molecular flexibility index (Phi) is 6.88. The summed E-state index contributed by atoms with van der Waals surface area (Å²) in [4.78, 5) is 38.7. The van der Waals surface area contributed by atoms with Crippen LogP contribution in [-0.2, 0) is 14.3 Å². The smallest absolute Gasteiger partial charge is 0.407 e. The average Bonchev–Trinajstić information content (AvgIpc) is 3.38. The highest BCUT2D eigenvalue weighted by molar-refractivity contribution is 5.90. The van der Waals surface area contributed by atoms with Crippen molar-refractivity contribution in [3.8, 4) is 11.1 Å². The summed E-state index contributed by atoms with van der Waals surface area (Å²) >= 11 is 0. The lowest BCUT2D eigenvalue weighted by molar-refractivity contribution is -0.149. The van der Waals surface area contributed by atoms with Gasteiger partial charge in [0.1, 0.15) is 18.7 Å². The van der Waals surface area contributed by atoms with Gasteiger partial charge in [-0.2, -0.15) is 0 Å². The molecule has 1 heterocycles. The first-order valence-electron chi connectivity index (χ1n) is 11.6. The van der Waals surface area contributed by atoms with Crippen LogP contribution in [0.4, 0.5) is 4.79 Å². The molecule has 0 aromatic heterocycles. The van der Waals surface area contributed by atoms with E-state index in [4.69, 9.17) is 4.74 Å². The van der Waals surface area contributed by atoms with Gasteiger partial charge in [-0.15, -0.1) is 0 Å². The Morgan fingerprint density at radius 2 is 1.68 bits per heavy atom. The van der Waals surface area contributed by atoms with Crippen LogP contribution in [-0.4, -0.2) is 64.4 Å². The monoisotopic (exact) mass is 466 g/mol. The van der Waals surface area contributed by atoms with Crippen molar-refractivity contribution in [2.24, 2.45) is 5.92 Å². The van der Waals surface area contributed by atoms with Gasteiger partial charge in [0.05, 0.1) is 6.10 Å². The Hall–Kier alpha value is -3.39. The fourth-order valence-corrected chi connectivity index (χ4v) is 4.92. The quantitative estimate of drug-likeness (QED) is 0.578. The third-order valence-corrected chi connectivity index (χ3v) is 6.94. The molecule has 8 heteroatoms. The molecule has 2 aliphatic rings. The molecule has 4 rings (SSSR count). The average molecular weight is 467 g/mol. The fourth-order valence-electron chi connectivity index (χ4n) is 4.92. The van der Waals surface area contributed by atoms with Crippen LogP contribution in [0.25, 0.3) is 11.1 Å². The highest BCUT2D eigenvalue weighted by atomic mass is 16.5. The maximum Gasteiger partial charge on any atom is 0.407 e. The number of aliphatic hydroxyl groups excluding tert-OH is 1. The van der Waals surface area contributed by atoms with Crippen LogP contribution in [0.1, 0.15) is 43.7 Å². The first kappa shape index (κ1) is 23.8. The maximum absolute atomic E-state index is 13.2. The number of likely N-dealkylation sites (tertiary alicyclic amines) is 1. The van der Waals surface area contributed by atoms with E-state index in [9.17, 15) is 24.6 Å². The largest absolute Gasteiger partial charge is 0.480 e. The molecule has 0 bridgehead atoms. The molecular formula is C26H30N2O6. The van der Waals surface area contributed by atoms with Crippen LogP contribution in [0.3, 0.4) is 0 Å². The Balaban J connectivity index is 1.46. The number of β-amino-alcohol motifs (C(OH)–C–C–N with tert-alkyl or cyclic N) is 1. The number of aliphatic hydroxyl groups is 1. The lowest BCUT2D eigenvalue weighted by Crippen LogP contribution is -2.54. The third-order valence-electron chi connectivity index (χ3n) is 6.94. The van der Waals surface area contributed by atoms with Gasteiger partial charge in [-0.25, -0.2) is 9.59 Å². The number of rotatable bonds is 7. The molecule has 1 aliphatic carbocycles. The minimum Gasteiger partial charge on any atom is -0.480 e. The van der Waals surface area contributed by atoms with Crippen molar-refractivity contribution in [3.05, 3.63) is 59.7 Å². The Labute approximate surface area is 198 Å². The molecule has 1 fully saturated rings. The zero-order valence-electron chi connectivity index (χ0n) is 19.3. The van der Waals surface area contributed by atoms with E-state index in [-0.39, 0.29) is 31.4 Å². The van der Waals surface area contributed by atoms with Crippen LogP contribution in [0.15, 0.2) is 48.5 Å². The summed E-state index contributed by atoms with van der Waals surface area (Å²) < 4.78 is 5.59. The molecule has 1 aliphatic heterocycles. The van der Waals surface area contributed by atoms with Crippen molar-refractivity contribution in [2.75, 3.05) is 13.2 Å². The third kappa shape index (κ3) is 4.50. The molecule has 1 saturated heterocycles. The van der Waals surface area contributed by atoms with E-state index < -0.39 is 36.2 Å². The number of alkyl carbamates (subject to hydrolysis) is 1. The topological polar surface area (TPSA) is 116 Å². The van der Waals surface area contributed by atoms with Gasteiger partial charge < -0.3 is 25.2 Å². The van der Waals surface area contributed by atoms with E-state index in [1.807, 2.05) is 50.2 Å². The summed E-state index contributed by atoms with van der Waals surface area (Å²) in [5.74, 6) is -2.05. The fraction of sp³-hybridized carbons (Fsp3) is 0.423. The SMILES string of the molecule is CC[C@H](C)[C@H](NC(=O)OCC1c2ccccc2-c2ccccc21)C(=O)N1C[C@@H](O)C[C@H]1C(=O)O. The van der Waals surface area contributed by atoms with Gasteiger partial charge >= 0.3 is 12.1 Å². The number of carboxylic acid groups (broad SMARTS) is 1. The second kappa shape index (κ2) is 9.85. The van der Waals surface area contributed by atoms with Crippen LogP contribution in [0.5, 0.6) is 0 Å². The van der Waals surface area contributed by atoms with Crippen LogP contribution < -0.4 is 5.32 Å². The zero-order chi connectivity index (χ0) is 24.4. The summed E-state index contributed by atoms with van der Waals surface area (Å²) in [6, 6.07) is 14.0.